The van der Waals surface area contributed by atoms with Gasteiger partial charge in [0.2, 0.25) is 5.82 Å². The molecule has 6 nitrogen and oxygen atoms in total. The minimum absolute atomic E-state index is 0.410. The zero-order valence-electron chi connectivity index (χ0n) is 12.6. The number of aromatic nitrogens is 4. The summed E-state index contributed by atoms with van der Waals surface area (Å²) in [5.41, 5.74) is 0.726. The molecular formula is C14H18Cl2N6. The van der Waals surface area contributed by atoms with Crippen molar-refractivity contribution in [1.82, 2.24) is 25.3 Å². The fourth-order valence-corrected chi connectivity index (χ4v) is 2.21. The van der Waals surface area contributed by atoms with Crippen LogP contribution < -0.4 is 5.32 Å². The van der Waals surface area contributed by atoms with Gasteiger partial charge in [-0.1, -0.05) is 37.0 Å². The van der Waals surface area contributed by atoms with E-state index < -0.39 is 0 Å². The van der Waals surface area contributed by atoms with Gasteiger partial charge in [0, 0.05) is 18.7 Å². The van der Waals surface area contributed by atoms with Crippen molar-refractivity contribution in [2.24, 2.45) is 0 Å². The summed E-state index contributed by atoms with van der Waals surface area (Å²) in [6, 6.07) is 5.16. The van der Waals surface area contributed by atoms with E-state index in [1.807, 2.05) is 0 Å². The molecule has 0 spiro atoms. The van der Waals surface area contributed by atoms with E-state index in [1.165, 1.54) is 0 Å². The van der Waals surface area contributed by atoms with Gasteiger partial charge in [-0.3, -0.25) is 0 Å². The van der Waals surface area contributed by atoms with Gasteiger partial charge in [0.1, 0.15) is 0 Å². The van der Waals surface area contributed by atoms with Gasteiger partial charge in [-0.2, -0.15) is 0 Å². The second kappa shape index (κ2) is 8.22. The van der Waals surface area contributed by atoms with Crippen molar-refractivity contribution in [3.05, 3.63) is 28.2 Å². The van der Waals surface area contributed by atoms with E-state index in [-0.39, 0.29) is 0 Å². The van der Waals surface area contributed by atoms with Crippen LogP contribution in [0.3, 0.4) is 0 Å². The van der Waals surface area contributed by atoms with Crippen molar-refractivity contribution >= 4 is 29.2 Å². The lowest BCUT2D eigenvalue weighted by atomic mass is 10.2. The van der Waals surface area contributed by atoms with Gasteiger partial charge in [-0.05, 0) is 31.3 Å². The predicted octanol–water partition coefficient (Wildman–Crippen LogP) is 2.99. The molecule has 1 aromatic heterocycles. The van der Waals surface area contributed by atoms with Crippen LogP contribution in [-0.4, -0.2) is 51.5 Å². The van der Waals surface area contributed by atoms with Crippen molar-refractivity contribution < 1.29 is 0 Å². The Balaban J connectivity index is 1.96. The second-order valence-corrected chi connectivity index (χ2v) is 5.44. The Kier molecular flexibility index (Phi) is 6.30. The molecule has 0 aliphatic rings. The summed E-state index contributed by atoms with van der Waals surface area (Å²) >= 11 is 11.9. The number of nitrogens with zero attached hydrogens (tertiary/aromatic N) is 5. The summed E-state index contributed by atoms with van der Waals surface area (Å²) in [4.78, 5) is 2.30. The zero-order chi connectivity index (χ0) is 15.9. The highest BCUT2D eigenvalue weighted by Gasteiger charge is 2.07. The number of anilines is 1. The molecule has 0 bridgehead atoms. The fourth-order valence-electron chi connectivity index (χ4n) is 1.92. The summed E-state index contributed by atoms with van der Waals surface area (Å²) in [6.07, 6.45) is 0. The number of likely N-dealkylation sites (N-methyl/N-ethyl adjacent to an activating group) is 1. The zero-order valence-corrected chi connectivity index (χ0v) is 14.1. The van der Waals surface area contributed by atoms with Crippen LogP contribution in [0.15, 0.2) is 18.2 Å². The third-order valence-electron chi connectivity index (χ3n) is 3.26. The highest BCUT2D eigenvalue weighted by Crippen LogP contribution is 2.26. The van der Waals surface area contributed by atoms with E-state index >= 15 is 0 Å². The van der Waals surface area contributed by atoms with Gasteiger partial charge >= 0.3 is 0 Å². The summed E-state index contributed by atoms with van der Waals surface area (Å²) < 4.78 is 0. The number of benzene rings is 1. The number of hydrogen-bond acceptors (Lipinski definition) is 6. The lowest BCUT2D eigenvalue weighted by Gasteiger charge is -2.17. The van der Waals surface area contributed by atoms with Crippen molar-refractivity contribution in [1.29, 1.82) is 0 Å². The SMILES string of the molecule is CCN(CC)CCNc1nnc(-c2ccc(Cl)c(Cl)c2)nn1. The predicted molar refractivity (Wildman–Crippen MR) is 89.4 cm³/mol. The maximum Gasteiger partial charge on any atom is 0.262 e. The van der Waals surface area contributed by atoms with Gasteiger partial charge < -0.3 is 10.2 Å². The first-order chi connectivity index (χ1) is 10.6. The molecule has 0 saturated heterocycles. The average molecular weight is 341 g/mol. The molecule has 0 unspecified atom stereocenters. The highest BCUT2D eigenvalue weighted by molar-refractivity contribution is 6.42. The standard InChI is InChI=1S/C14H18Cl2N6/c1-3-22(4-2)8-7-17-14-20-18-13(19-21-14)10-5-6-11(15)12(16)9-10/h5-6,9H,3-4,7-8H2,1-2H3,(H,17,20,21). The molecule has 1 heterocycles. The molecule has 0 aliphatic heterocycles. The van der Waals surface area contributed by atoms with Crippen LogP contribution in [0.2, 0.25) is 10.0 Å². The second-order valence-electron chi connectivity index (χ2n) is 4.63. The summed E-state index contributed by atoms with van der Waals surface area (Å²) in [5, 5.41) is 20.2. The first-order valence-electron chi connectivity index (χ1n) is 7.13. The van der Waals surface area contributed by atoms with Gasteiger partial charge in [-0.15, -0.1) is 20.4 Å². The van der Waals surface area contributed by atoms with Crippen LogP contribution in [0, 0.1) is 0 Å². The first kappa shape index (κ1) is 16.9. The van der Waals surface area contributed by atoms with Crippen LogP contribution >= 0.6 is 23.2 Å². The van der Waals surface area contributed by atoms with E-state index in [0.29, 0.717) is 21.8 Å². The lowest BCUT2D eigenvalue weighted by Crippen LogP contribution is -2.29. The van der Waals surface area contributed by atoms with E-state index in [0.717, 1.165) is 31.7 Å². The fraction of sp³-hybridized carbons (Fsp3) is 0.429. The van der Waals surface area contributed by atoms with Gasteiger partial charge in [-0.25, -0.2) is 0 Å². The molecule has 0 amide bonds. The molecule has 0 radical (unpaired) electrons. The van der Waals surface area contributed by atoms with Crippen LogP contribution in [0.25, 0.3) is 11.4 Å². The average Bonchev–Trinajstić information content (AvgIpc) is 2.55. The largest absolute Gasteiger partial charge is 0.350 e. The van der Waals surface area contributed by atoms with Crippen molar-refractivity contribution in [2.45, 2.75) is 13.8 Å². The highest BCUT2D eigenvalue weighted by atomic mass is 35.5. The Morgan fingerprint density at radius 1 is 1.00 bits per heavy atom. The van der Waals surface area contributed by atoms with Gasteiger partial charge in [0.15, 0.2) is 0 Å². The number of nitrogens with one attached hydrogen (secondary N) is 1. The Morgan fingerprint density at radius 3 is 2.27 bits per heavy atom. The summed E-state index contributed by atoms with van der Waals surface area (Å²) in [5.74, 6) is 0.823. The molecule has 1 aromatic carbocycles. The minimum atomic E-state index is 0.410. The molecular weight excluding hydrogens is 323 g/mol. The van der Waals surface area contributed by atoms with Crippen molar-refractivity contribution in [3.8, 4) is 11.4 Å². The minimum Gasteiger partial charge on any atom is -0.350 e. The van der Waals surface area contributed by atoms with Crippen LogP contribution in [0.4, 0.5) is 5.95 Å². The third kappa shape index (κ3) is 4.50. The van der Waals surface area contributed by atoms with E-state index in [9.17, 15) is 0 Å². The first-order valence-corrected chi connectivity index (χ1v) is 7.88. The molecule has 0 fully saturated rings. The molecule has 2 aromatic rings. The number of hydrogen-bond donors (Lipinski definition) is 1. The molecule has 0 saturated carbocycles. The van der Waals surface area contributed by atoms with Crippen LogP contribution in [0.1, 0.15) is 13.8 Å². The van der Waals surface area contributed by atoms with Gasteiger partial charge in [0.25, 0.3) is 5.95 Å². The van der Waals surface area contributed by atoms with E-state index in [4.69, 9.17) is 23.2 Å². The molecule has 8 heteroatoms. The monoisotopic (exact) mass is 340 g/mol. The number of rotatable bonds is 7. The maximum atomic E-state index is 5.98. The normalized spacial score (nSPS) is 11.0. The Bertz CT molecular complexity index is 601. The summed E-state index contributed by atoms with van der Waals surface area (Å²) in [7, 11) is 0. The molecule has 1 N–H and O–H groups in total. The topological polar surface area (TPSA) is 66.8 Å². The van der Waals surface area contributed by atoms with Gasteiger partial charge in [0.05, 0.1) is 10.0 Å². The van der Waals surface area contributed by atoms with Crippen molar-refractivity contribution in [2.75, 3.05) is 31.5 Å². The van der Waals surface area contributed by atoms with Crippen LogP contribution in [-0.2, 0) is 0 Å². The van der Waals surface area contributed by atoms with E-state index in [2.05, 4.69) is 44.5 Å². The number of halogens is 2. The Labute approximate surface area is 139 Å². The third-order valence-corrected chi connectivity index (χ3v) is 4.00. The quantitative estimate of drug-likeness (QED) is 0.835. The molecule has 118 valence electrons. The molecule has 22 heavy (non-hydrogen) atoms. The molecule has 2 rings (SSSR count). The lowest BCUT2D eigenvalue weighted by molar-refractivity contribution is 0.315. The summed E-state index contributed by atoms with van der Waals surface area (Å²) in [6.45, 7) is 7.98. The maximum absolute atomic E-state index is 5.98. The van der Waals surface area contributed by atoms with E-state index in [1.54, 1.807) is 18.2 Å². The molecule has 0 atom stereocenters. The molecule has 0 aliphatic carbocycles. The van der Waals surface area contributed by atoms with Crippen LogP contribution in [0.5, 0.6) is 0 Å². The smallest absolute Gasteiger partial charge is 0.262 e. The Morgan fingerprint density at radius 2 is 1.68 bits per heavy atom. The van der Waals surface area contributed by atoms with Crippen molar-refractivity contribution in [3.63, 3.8) is 0 Å². The Hall–Kier alpha value is -1.50.